The minimum absolute atomic E-state index is 0.0262. The van der Waals surface area contributed by atoms with Crippen LogP contribution in [0.2, 0.25) is 0 Å². The average Bonchev–Trinajstić information content (AvgIpc) is 3.33. The Bertz CT molecular complexity index is 1490. The molecule has 35 heavy (non-hydrogen) atoms. The number of halogens is 1. The van der Waals surface area contributed by atoms with Crippen LogP contribution in [0.5, 0.6) is 0 Å². The number of nitrogens with one attached hydrogen (secondary N) is 1. The molecule has 1 fully saturated rings. The molecule has 1 aliphatic heterocycles. The molecule has 176 valence electrons. The second-order valence-electron chi connectivity index (χ2n) is 8.57. The van der Waals surface area contributed by atoms with Gasteiger partial charge in [0.2, 0.25) is 0 Å². The molecule has 9 heteroatoms. The number of nitrogens with zero attached hydrogens (tertiary/aromatic N) is 3. The number of hydrogen-bond donors (Lipinski definition) is 1. The Morgan fingerprint density at radius 1 is 1.20 bits per heavy atom. The predicted molar refractivity (Wildman–Crippen MR) is 137 cm³/mol. The third kappa shape index (κ3) is 3.79. The average molecular weight is 505 g/mol. The SMILES string of the molecule is Cc1cc(C=C2C(=O)NC(=S)N(c3ccccc3F)C2=O)c(C)n1-c1sc2c(c1C#N)CCCC2. The van der Waals surface area contributed by atoms with Crippen molar-refractivity contribution in [3.05, 3.63) is 74.7 Å². The minimum atomic E-state index is -0.696. The number of nitriles is 1. The van der Waals surface area contributed by atoms with E-state index in [9.17, 15) is 19.2 Å². The fourth-order valence-corrected chi connectivity index (χ4v) is 6.46. The maximum Gasteiger partial charge on any atom is 0.270 e. The third-order valence-electron chi connectivity index (χ3n) is 6.43. The number of rotatable bonds is 3. The van der Waals surface area contributed by atoms with Crippen LogP contribution in [0.4, 0.5) is 10.1 Å². The van der Waals surface area contributed by atoms with Crippen molar-refractivity contribution >= 4 is 52.2 Å². The summed E-state index contributed by atoms with van der Waals surface area (Å²) in [6.07, 6.45) is 5.59. The van der Waals surface area contributed by atoms with Crippen LogP contribution in [0.3, 0.4) is 0 Å². The Balaban J connectivity index is 1.59. The molecule has 1 N–H and O–H groups in total. The van der Waals surface area contributed by atoms with Crippen LogP contribution in [-0.4, -0.2) is 21.5 Å². The van der Waals surface area contributed by atoms with Gasteiger partial charge in [0.15, 0.2) is 5.11 Å². The summed E-state index contributed by atoms with van der Waals surface area (Å²) in [5.74, 6) is -1.96. The molecule has 1 aliphatic carbocycles. The molecule has 0 radical (unpaired) electrons. The van der Waals surface area contributed by atoms with E-state index in [4.69, 9.17) is 12.2 Å². The fourth-order valence-electron chi connectivity index (χ4n) is 4.74. The summed E-state index contributed by atoms with van der Waals surface area (Å²) in [7, 11) is 0. The van der Waals surface area contributed by atoms with E-state index in [1.165, 1.54) is 29.2 Å². The quantitative estimate of drug-likeness (QED) is 0.313. The summed E-state index contributed by atoms with van der Waals surface area (Å²) in [4.78, 5) is 28.3. The van der Waals surface area contributed by atoms with Crippen LogP contribution in [-0.2, 0) is 22.4 Å². The van der Waals surface area contributed by atoms with Gasteiger partial charge in [0.25, 0.3) is 11.8 Å². The van der Waals surface area contributed by atoms with Crippen molar-refractivity contribution in [1.29, 1.82) is 5.26 Å². The molecule has 3 heterocycles. The smallest absolute Gasteiger partial charge is 0.270 e. The Morgan fingerprint density at radius 2 is 1.94 bits per heavy atom. The van der Waals surface area contributed by atoms with Gasteiger partial charge in [0.1, 0.15) is 22.5 Å². The predicted octanol–water partition coefficient (Wildman–Crippen LogP) is 4.88. The molecule has 1 saturated heterocycles. The van der Waals surface area contributed by atoms with Gasteiger partial charge in [-0.3, -0.25) is 14.9 Å². The first-order chi connectivity index (χ1) is 16.8. The highest BCUT2D eigenvalue weighted by Crippen LogP contribution is 2.38. The molecule has 0 bridgehead atoms. The lowest BCUT2D eigenvalue weighted by Gasteiger charge is -2.29. The Hall–Kier alpha value is -3.61. The fraction of sp³-hybridized carbons (Fsp3) is 0.231. The summed E-state index contributed by atoms with van der Waals surface area (Å²) in [6, 6.07) is 10.0. The molecule has 0 atom stereocenters. The number of carbonyl (C=O) groups is 2. The first kappa shape index (κ1) is 23.1. The second kappa shape index (κ2) is 8.87. The van der Waals surface area contributed by atoms with Gasteiger partial charge in [0, 0.05) is 16.3 Å². The van der Waals surface area contributed by atoms with Gasteiger partial charge in [-0.25, -0.2) is 9.29 Å². The van der Waals surface area contributed by atoms with Crippen molar-refractivity contribution in [3.63, 3.8) is 0 Å². The number of fused-ring (bicyclic) bond motifs is 1. The number of thiocarbonyl (C=S) groups is 1. The number of hydrogen-bond acceptors (Lipinski definition) is 5. The van der Waals surface area contributed by atoms with E-state index in [2.05, 4.69) is 11.4 Å². The highest BCUT2D eigenvalue weighted by molar-refractivity contribution is 7.80. The molecule has 0 saturated carbocycles. The van der Waals surface area contributed by atoms with Crippen molar-refractivity contribution < 1.29 is 14.0 Å². The van der Waals surface area contributed by atoms with Gasteiger partial charge in [-0.2, -0.15) is 5.26 Å². The summed E-state index contributed by atoms with van der Waals surface area (Å²) in [6.45, 7) is 3.82. The summed E-state index contributed by atoms with van der Waals surface area (Å²) in [5, 5.41) is 13.1. The van der Waals surface area contributed by atoms with E-state index >= 15 is 0 Å². The van der Waals surface area contributed by atoms with Crippen molar-refractivity contribution in [2.75, 3.05) is 4.90 Å². The molecule has 2 amide bonds. The maximum absolute atomic E-state index is 14.4. The Kier molecular flexibility index (Phi) is 5.87. The minimum Gasteiger partial charge on any atom is -0.308 e. The van der Waals surface area contributed by atoms with Gasteiger partial charge in [-0.05, 0) is 87.2 Å². The standard InChI is InChI=1S/C26H21FN4O2S2/c1-14-11-16(15(2)30(14)25-19(13-28)17-7-3-6-10-22(17)35-25)12-18-23(32)29-26(34)31(24(18)33)21-9-5-4-8-20(21)27/h4-5,8-9,11-12H,3,6-7,10H2,1-2H3,(H,29,32,34). The van der Waals surface area contributed by atoms with Crippen LogP contribution >= 0.6 is 23.6 Å². The summed E-state index contributed by atoms with van der Waals surface area (Å²) >= 11 is 6.81. The van der Waals surface area contributed by atoms with Crippen LogP contribution in [0.1, 0.15) is 45.8 Å². The number of benzene rings is 1. The molecule has 6 nitrogen and oxygen atoms in total. The number of carbonyl (C=O) groups excluding carboxylic acids is 2. The molecule has 0 spiro atoms. The lowest BCUT2D eigenvalue weighted by atomic mass is 9.96. The largest absolute Gasteiger partial charge is 0.308 e. The van der Waals surface area contributed by atoms with Crippen molar-refractivity contribution in [2.45, 2.75) is 39.5 Å². The summed E-state index contributed by atoms with van der Waals surface area (Å²) in [5.41, 5.74) is 4.02. The van der Waals surface area contributed by atoms with Gasteiger partial charge < -0.3 is 4.57 Å². The van der Waals surface area contributed by atoms with Gasteiger partial charge >= 0.3 is 0 Å². The molecule has 0 unspecified atom stereocenters. The van der Waals surface area contributed by atoms with Crippen molar-refractivity contribution in [1.82, 2.24) is 9.88 Å². The van der Waals surface area contributed by atoms with Crippen LogP contribution in [0.25, 0.3) is 11.1 Å². The van der Waals surface area contributed by atoms with E-state index < -0.39 is 17.6 Å². The van der Waals surface area contributed by atoms with E-state index in [0.29, 0.717) is 11.1 Å². The van der Waals surface area contributed by atoms with Gasteiger partial charge in [-0.15, -0.1) is 11.3 Å². The van der Waals surface area contributed by atoms with Gasteiger partial charge in [-0.1, -0.05) is 12.1 Å². The zero-order chi connectivity index (χ0) is 24.9. The van der Waals surface area contributed by atoms with Crippen LogP contribution < -0.4 is 10.2 Å². The van der Waals surface area contributed by atoms with Crippen molar-refractivity contribution in [2.24, 2.45) is 0 Å². The van der Waals surface area contributed by atoms with Crippen LogP contribution in [0.15, 0.2) is 35.9 Å². The maximum atomic E-state index is 14.4. The zero-order valence-electron chi connectivity index (χ0n) is 19.1. The number of aromatic nitrogens is 1. The number of amides is 2. The first-order valence-electron chi connectivity index (χ1n) is 11.2. The second-order valence-corrected chi connectivity index (χ2v) is 10.0. The van der Waals surface area contributed by atoms with Crippen LogP contribution in [0, 0.1) is 31.0 Å². The zero-order valence-corrected chi connectivity index (χ0v) is 20.8. The third-order valence-corrected chi connectivity index (χ3v) is 7.99. The highest BCUT2D eigenvalue weighted by atomic mass is 32.1. The number of aryl methyl sites for hydroxylation is 2. The molecule has 1 aromatic carbocycles. The van der Waals surface area contributed by atoms with E-state index in [1.807, 2.05) is 24.5 Å². The summed E-state index contributed by atoms with van der Waals surface area (Å²) < 4.78 is 16.4. The topological polar surface area (TPSA) is 78.1 Å². The highest BCUT2D eigenvalue weighted by Gasteiger charge is 2.36. The first-order valence-corrected chi connectivity index (χ1v) is 12.4. The number of thiophene rings is 1. The monoisotopic (exact) mass is 504 g/mol. The number of para-hydroxylation sites is 1. The Labute approximate surface area is 211 Å². The molecule has 2 aliphatic rings. The van der Waals surface area contributed by atoms with Crippen molar-refractivity contribution in [3.8, 4) is 11.1 Å². The lowest BCUT2D eigenvalue weighted by Crippen LogP contribution is -2.54. The molecule has 5 rings (SSSR count). The molecule has 2 aromatic heterocycles. The Morgan fingerprint density at radius 3 is 2.69 bits per heavy atom. The molecular weight excluding hydrogens is 483 g/mol. The van der Waals surface area contributed by atoms with Gasteiger partial charge in [0.05, 0.1) is 11.3 Å². The van der Waals surface area contributed by atoms with E-state index in [1.54, 1.807) is 17.4 Å². The molecule has 3 aromatic rings. The molecular formula is C26H21FN4O2S2. The van der Waals surface area contributed by atoms with E-state index in [0.717, 1.165) is 52.5 Å². The normalized spacial score (nSPS) is 16.9. The number of anilines is 1. The van der Waals surface area contributed by atoms with E-state index in [-0.39, 0.29) is 16.4 Å². The lowest BCUT2D eigenvalue weighted by molar-refractivity contribution is -0.122.